The van der Waals surface area contributed by atoms with Crippen molar-refractivity contribution in [1.82, 2.24) is 15.2 Å². The molecule has 0 fully saturated rings. The van der Waals surface area contributed by atoms with Crippen molar-refractivity contribution >= 4 is 28.2 Å². The number of H-pyrrole nitrogens is 1. The largest absolute Gasteiger partial charge is 0.399 e. The Balaban J connectivity index is 2.02. The van der Waals surface area contributed by atoms with Gasteiger partial charge in [0, 0.05) is 22.8 Å². The van der Waals surface area contributed by atoms with Gasteiger partial charge in [-0.05, 0) is 53.1 Å². The van der Waals surface area contributed by atoms with Gasteiger partial charge in [-0.1, -0.05) is 12.1 Å². The smallest absolute Gasteiger partial charge is 0.153 e. The van der Waals surface area contributed by atoms with Gasteiger partial charge < -0.3 is 17.2 Å². The first kappa shape index (κ1) is 14.1. The maximum atomic E-state index is 6.03. The third-order valence-electron chi connectivity index (χ3n) is 4.01. The number of aromatic amines is 1. The highest BCUT2D eigenvalue weighted by molar-refractivity contribution is 6.02. The van der Waals surface area contributed by atoms with Crippen molar-refractivity contribution in [3.05, 3.63) is 54.7 Å². The minimum Gasteiger partial charge on any atom is -0.399 e. The molecular formula is C18H16N6. The quantitative estimate of drug-likeness (QED) is 0.424. The fourth-order valence-electron chi connectivity index (χ4n) is 2.87. The van der Waals surface area contributed by atoms with Crippen molar-refractivity contribution < 1.29 is 0 Å². The molecule has 7 N–H and O–H groups in total. The van der Waals surface area contributed by atoms with Gasteiger partial charge in [-0.2, -0.15) is 5.10 Å². The molecule has 2 heterocycles. The number of aromatic nitrogens is 3. The lowest BCUT2D eigenvalue weighted by molar-refractivity contribution is 1.13. The molecule has 0 saturated heterocycles. The minimum absolute atomic E-state index is 0.457. The average Bonchev–Trinajstić information content (AvgIpc) is 2.95. The first-order chi connectivity index (χ1) is 11.6. The summed E-state index contributed by atoms with van der Waals surface area (Å²) in [5, 5.41) is 8.01. The molecule has 0 amide bonds. The second kappa shape index (κ2) is 5.27. The zero-order valence-electron chi connectivity index (χ0n) is 12.8. The summed E-state index contributed by atoms with van der Waals surface area (Å²) in [6.07, 6.45) is 1.69. The van der Waals surface area contributed by atoms with Gasteiger partial charge in [-0.25, -0.2) is 4.98 Å². The summed E-state index contributed by atoms with van der Waals surface area (Å²) in [4.78, 5) is 4.05. The summed E-state index contributed by atoms with van der Waals surface area (Å²) in [5.74, 6) is 0.928. The van der Waals surface area contributed by atoms with Gasteiger partial charge in [0.15, 0.2) is 5.82 Å². The fraction of sp³-hybridized carbons (Fsp3) is 0. The lowest BCUT2D eigenvalue weighted by Gasteiger charge is -2.09. The molecule has 0 aliphatic heterocycles. The van der Waals surface area contributed by atoms with E-state index in [0.717, 1.165) is 33.2 Å². The number of fused-ring (bicyclic) bond motifs is 1. The van der Waals surface area contributed by atoms with Crippen LogP contribution < -0.4 is 17.2 Å². The predicted octanol–water partition coefficient (Wildman–Crippen LogP) is 3.04. The number of pyridine rings is 1. The Morgan fingerprint density at radius 3 is 2.50 bits per heavy atom. The van der Waals surface area contributed by atoms with Gasteiger partial charge in [0.05, 0.1) is 5.52 Å². The number of benzene rings is 2. The predicted molar refractivity (Wildman–Crippen MR) is 98.0 cm³/mol. The molecule has 6 heteroatoms. The van der Waals surface area contributed by atoms with E-state index in [9.17, 15) is 0 Å². The van der Waals surface area contributed by atoms with Crippen molar-refractivity contribution in [3.8, 4) is 22.3 Å². The third kappa shape index (κ3) is 2.30. The van der Waals surface area contributed by atoms with E-state index < -0.39 is 0 Å². The van der Waals surface area contributed by atoms with Crippen molar-refractivity contribution in [1.29, 1.82) is 0 Å². The Morgan fingerprint density at radius 1 is 0.833 bits per heavy atom. The normalized spacial score (nSPS) is 11.0. The van der Waals surface area contributed by atoms with Crippen LogP contribution in [0.1, 0.15) is 0 Å². The summed E-state index contributed by atoms with van der Waals surface area (Å²) < 4.78 is 0. The zero-order chi connectivity index (χ0) is 16.7. The average molecular weight is 316 g/mol. The lowest BCUT2D eigenvalue weighted by Crippen LogP contribution is -1.91. The molecule has 0 atom stereocenters. The lowest BCUT2D eigenvalue weighted by atomic mass is 9.96. The topological polar surface area (TPSA) is 120 Å². The maximum Gasteiger partial charge on any atom is 0.153 e. The van der Waals surface area contributed by atoms with Crippen LogP contribution in [0.4, 0.5) is 17.3 Å². The fourth-order valence-corrected chi connectivity index (χ4v) is 2.87. The van der Waals surface area contributed by atoms with Crippen molar-refractivity contribution in [2.24, 2.45) is 0 Å². The molecule has 4 aromatic rings. The van der Waals surface area contributed by atoms with E-state index in [1.165, 1.54) is 0 Å². The van der Waals surface area contributed by atoms with Gasteiger partial charge in [-0.3, -0.25) is 5.10 Å². The third-order valence-corrected chi connectivity index (χ3v) is 4.01. The van der Waals surface area contributed by atoms with E-state index in [1.807, 2.05) is 42.5 Å². The second-order valence-corrected chi connectivity index (χ2v) is 5.65. The number of rotatable bonds is 2. The Hall–Kier alpha value is -3.54. The molecular weight excluding hydrogens is 300 g/mol. The second-order valence-electron chi connectivity index (χ2n) is 5.65. The molecule has 0 aliphatic rings. The summed E-state index contributed by atoms with van der Waals surface area (Å²) in [6.45, 7) is 0. The van der Waals surface area contributed by atoms with Crippen molar-refractivity contribution in [3.63, 3.8) is 0 Å². The van der Waals surface area contributed by atoms with Gasteiger partial charge >= 0.3 is 0 Å². The first-order valence-electron chi connectivity index (χ1n) is 7.47. The summed E-state index contributed by atoms with van der Waals surface area (Å²) in [7, 11) is 0. The number of nitrogens with zero attached hydrogens (tertiary/aromatic N) is 2. The highest BCUT2D eigenvalue weighted by atomic mass is 15.1. The molecule has 2 aromatic carbocycles. The molecule has 24 heavy (non-hydrogen) atoms. The Labute approximate surface area is 138 Å². The summed E-state index contributed by atoms with van der Waals surface area (Å²) in [5.41, 5.74) is 23.3. The molecule has 0 bridgehead atoms. The Kier molecular flexibility index (Phi) is 3.09. The van der Waals surface area contributed by atoms with Crippen LogP contribution in [0.15, 0.2) is 54.7 Å². The Bertz CT molecular complexity index is 1050. The number of hydrogen-bond acceptors (Lipinski definition) is 5. The Morgan fingerprint density at radius 2 is 1.71 bits per heavy atom. The van der Waals surface area contributed by atoms with Crippen molar-refractivity contribution in [2.75, 3.05) is 17.2 Å². The SMILES string of the molecule is Nc1cccc(-c2cc(-c3ccnc(N)c3)cc3c(N)n[nH]c23)c1. The molecule has 2 aromatic heterocycles. The van der Waals surface area contributed by atoms with Gasteiger partial charge in [0.1, 0.15) is 5.82 Å². The van der Waals surface area contributed by atoms with Crippen LogP contribution in [0, 0.1) is 0 Å². The maximum absolute atomic E-state index is 6.03. The van der Waals surface area contributed by atoms with Gasteiger partial charge in [-0.15, -0.1) is 0 Å². The number of anilines is 3. The van der Waals surface area contributed by atoms with E-state index >= 15 is 0 Å². The van der Waals surface area contributed by atoms with Crippen LogP contribution in [0.2, 0.25) is 0 Å². The highest BCUT2D eigenvalue weighted by Gasteiger charge is 2.13. The number of nitrogens with two attached hydrogens (primary N) is 3. The summed E-state index contributed by atoms with van der Waals surface area (Å²) in [6, 6.07) is 15.5. The van der Waals surface area contributed by atoms with E-state index in [-0.39, 0.29) is 0 Å². The zero-order valence-corrected chi connectivity index (χ0v) is 12.8. The molecule has 6 nitrogen and oxygen atoms in total. The number of hydrogen-bond donors (Lipinski definition) is 4. The standard InChI is InChI=1S/C18H16N6/c19-13-3-1-2-11(6-13)14-7-12(10-4-5-22-16(20)9-10)8-15-17(14)23-24-18(15)21/h1-9H,19H2,(H2,20,22)(H3,21,23,24). The van der Waals surface area contributed by atoms with Crippen LogP contribution in [0.3, 0.4) is 0 Å². The molecule has 118 valence electrons. The van der Waals surface area contributed by atoms with Gasteiger partial charge in [0.2, 0.25) is 0 Å². The highest BCUT2D eigenvalue weighted by Crippen LogP contribution is 2.35. The van der Waals surface area contributed by atoms with E-state index in [1.54, 1.807) is 6.20 Å². The minimum atomic E-state index is 0.457. The van der Waals surface area contributed by atoms with Gasteiger partial charge in [0.25, 0.3) is 0 Å². The molecule has 0 spiro atoms. The van der Waals surface area contributed by atoms with E-state index in [2.05, 4.69) is 21.2 Å². The van der Waals surface area contributed by atoms with Crippen LogP contribution >= 0.6 is 0 Å². The molecule has 0 unspecified atom stereocenters. The van der Waals surface area contributed by atoms with Crippen LogP contribution in [-0.2, 0) is 0 Å². The summed E-state index contributed by atoms with van der Waals surface area (Å²) >= 11 is 0. The molecule has 0 aliphatic carbocycles. The van der Waals surface area contributed by atoms with Crippen LogP contribution in [0.5, 0.6) is 0 Å². The number of nitrogen functional groups attached to an aromatic ring is 3. The van der Waals surface area contributed by atoms with Crippen LogP contribution in [0.25, 0.3) is 33.2 Å². The first-order valence-corrected chi connectivity index (χ1v) is 7.47. The molecule has 0 saturated carbocycles. The molecule has 0 radical (unpaired) electrons. The van der Waals surface area contributed by atoms with Crippen LogP contribution in [-0.4, -0.2) is 15.2 Å². The van der Waals surface area contributed by atoms with Crippen molar-refractivity contribution in [2.45, 2.75) is 0 Å². The number of nitrogens with one attached hydrogen (secondary N) is 1. The van der Waals surface area contributed by atoms with E-state index in [0.29, 0.717) is 17.3 Å². The van der Waals surface area contributed by atoms with E-state index in [4.69, 9.17) is 17.2 Å². The molecule has 4 rings (SSSR count). The monoisotopic (exact) mass is 316 g/mol.